The number of halogens is 1. The van der Waals surface area contributed by atoms with Crippen molar-refractivity contribution >= 4 is 17.4 Å². The van der Waals surface area contributed by atoms with E-state index in [1.54, 1.807) is 6.08 Å². The normalized spacial score (nSPS) is 10.2. The summed E-state index contributed by atoms with van der Waals surface area (Å²) < 4.78 is 0. The first-order valence-corrected chi connectivity index (χ1v) is 2.80. The van der Waals surface area contributed by atoms with Crippen LogP contribution in [0.15, 0.2) is 12.2 Å². The largest absolute Gasteiger partial charge is 0.327 e. The van der Waals surface area contributed by atoms with E-state index in [9.17, 15) is 4.79 Å². The van der Waals surface area contributed by atoms with Gasteiger partial charge in [-0.05, 0) is 6.08 Å². The lowest BCUT2D eigenvalue weighted by Gasteiger charge is -1.79. The standard InChI is InChI=1S/C5H8ClNO/c6-4-5(8)2-1-3-7/h1-2H,3-4,7H2/b2-1+. The molecule has 0 atom stereocenters. The van der Waals surface area contributed by atoms with Gasteiger partial charge in [0.05, 0.1) is 5.88 Å². The molecule has 0 amide bonds. The molecule has 0 aromatic rings. The van der Waals surface area contributed by atoms with Crippen LogP contribution in [0, 0.1) is 0 Å². The number of rotatable bonds is 3. The second-order valence-corrected chi connectivity index (χ2v) is 1.51. The molecule has 0 heterocycles. The molecule has 0 saturated heterocycles. The molecule has 46 valence electrons. The van der Waals surface area contributed by atoms with Crippen LogP contribution in [0.3, 0.4) is 0 Å². The minimum Gasteiger partial charge on any atom is -0.327 e. The Bertz CT molecular complexity index is 101. The summed E-state index contributed by atoms with van der Waals surface area (Å²) in [6, 6.07) is 0. The summed E-state index contributed by atoms with van der Waals surface area (Å²) in [6.07, 6.45) is 2.96. The monoisotopic (exact) mass is 133 g/mol. The number of allylic oxidation sites excluding steroid dienone is 1. The number of carbonyl (C=O) groups is 1. The average molecular weight is 134 g/mol. The van der Waals surface area contributed by atoms with Gasteiger partial charge in [0, 0.05) is 6.54 Å². The van der Waals surface area contributed by atoms with Gasteiger partial charge < -0.3 is 5.73 Å². The fraction of sp³-hybridized carbons (Fsp3) is 0.400. The highest BCUT2D eigenvalue weighted by molar-refractivity contribution is 6.29. The van der Waals surface area contributed by atoms with Crippen molar-refractivity contribution in [3.05, 3.63) is 12.2 Å². The molecule has 3 heteroatoms. The number of ketones is 1. The lowest BCUT2D eigenvalue weighted by atomic mass is 10.4. The molecule has 0 aliphatic heterocycles. The van der Waals surface area contributed by atoms with Crippen LogP contribution in [0.1, 0.15) is 0 Å². The van der Waals surface area contributed by atoms with E-state index < -0.39 is 0 Å². The highest BCUT2D eigenvalue weighted by Crippen LogP contribution is 1.79. The predicted molar refractivity (Wildman–Crippen MR) is 33.9 cm³/mol. The predicted octanol–water partition coefficient (Wildman–Crippen LogP) is 0.309. The minimum absolute atomic E-state index is 0.0382. The SMILES string of the molecule is NC/C=C/C(=O)CCl. The summed E-state index contributed by atoms with van der Waals surface area (Å²) in [5.74, 6) is -0.0617. The lowest BCUT2D eigenvalue weighted by Crippen LogP contribution is -1.97. The fourth-order valence-electron chi connectivity index (χ4n) is 0.244. The quantitative estimate of drug-likeness (QED) is 0.445. The Hall–Kier alpha value is -0.340. The van der Waals surface area contributed by atoms with Crippen LogP contribution in [0.2, 0.25) is 0 Å². The van der Waals surface area contributed by atoms with Crippen molar-refractivity contribution in [1.29, 1.82) is 0 Å². The Morgan fingerprint density at radius 1 is 1.75 bits per heavy atom. The molecular formula is C5H8ClNO. The second-order valence-electron chi connectivity index (χ2n) is 1.24. The molecule has 0 bridgehead atoms. The first-order chi connectivity index (χ1) is 3.81. The summed E-state index contributed by atoms with van der Waals surface area (Å²) in [5.41, 5.74) is 5.05. The third-order valence-electron chi connectivity index (χ3n) is 0.572. The molecule has 0 aromatic carbocycles. The van der Waals surface area contributed by atoms with Crippen molar-refractivity contribution in [2.45, 2.75) is 0 Å². The molecule has 0 saturated carbocycles. The molecule has 0 rings (SSSR count). The number of alkyl halides is 1. The Morgan fingerprint density at radius 2 is 2.38 bits per heavy atom. The van der Waals surface area contributed by atoms with Crippen molar-refractivity contribution in [3.8, 4) is 0 Å². The summed E-state index contributed by atoms with van der Waals surface area (Å²) in [4.78, 5) is 10.3. The maximum Gasteiger partial charge on any atom is 0.170 e. The third kappa shape index (κ3) is 3.84. The molecule has 0 aromatic heterocycles. The molecule has 0 fully saturated rings. The number of hydrogen-bond donors (Lipinski definition) is 1. The van der Waals surface area contributed by atoms with Crippen LogP contribution in [0.25, 0.3) is 0 Å². The molecule has 0 aliphatic rings. The topological polar surface area (TPSA) is 43.1 Å². The highest BCUT2D eigenvalue weighted by atomic mass is 35.5. The van der Waals surface area contributed by atoms with Gasteiger partial charge in [0.25, 0.3) is 0 Å². The average Bonchev–Trinajstić information content (AvgIpc) is 1.83. The van der Waals surface area contributed by atoms with E-state index in [4.69, 9.17) is 17.3 Å². The Balaban J connectivity index is 3.37. The van der Waals surface area contributed by atoms with Gasteiger partial charge in [0.2, 0.25) is 0 Å². The zero-order valence-electron chi connectivity index (χ0n) is 4.43. The van der Waals surface area contributed by atoms with E-state index >= 15 is 0 Å². The van der Waals surface area contributed by atoms with Gasteiger partial charge in [-0.3, -0.25) is 4.79 Å². The first-order valence-electron chi connectivity index (χ1n) is 2.26. The van der Waals surface area contributed by atoms with Gasteiger partial charge in [-0.15, -0.1) is 11.6 Å². The molecule has 0 unspecified atom stereocenters. The van der Waals surface area contributed by atoms with Gasteiger partial charge in [-0.1, -0.05) is 6.08 Å². The molecular weight excluding hydrogens is 126 g/mol. The molecule has 2 nitrogen and oxygen atoms in total. The van der Waals surface area contributed by atoms with Crippen LogP contribution < -0.4 is 5.73 Å². The molecule has 0 aliphatic carbocycles. The van der Waals surface area contributed by atoms with E-state index in [-0.39, 0.29) is 11.7 Å². The number of hydrogen-bond acceptors (Lipinski definition) is 2. The van der Waals surface area contributed by atoms with Gasteiger partial charge in [0.15, 0.2) is 5.78 Å². The summed E-state index contributed by atoms with van der Waals surface area (Å²) in [5, 5.41) is 0. The molecule has 0 radical (unpaired) electrons. The highest BCUT2D eigenvalue weighted by Gasteiger charge is 1.87. The minimum atomic E-state index is -0.0999. The molecule has 8 heavy (non-hydrogen) atoms. The van der Waals surface area contributed by atoms with Crippen molar-refractivity contribution in [1.82, 2.24) is 0 Å². The Kier molecular flexibility index (Phi) is 4.61. The van der Waals surface area contributed by atoms with E-state index in [0.717, 1.165) is 0 Å². The molecule has 0 spiro atoms. The number of carbonyl (C=O) groups excluding carboxylic acids is 1. The van der Waals surface area contributed by atoms with Crippen molar-refractivity contribution < 1.29 is 4.79 Å². The Morgan fingerprint density at radius 3 is 2.75 bits per heavy atom. The van der Waals surface area contributed by atoms with E-state index in [1.165, 1.54) is 6.08 Å². The van der Waals surface area contributed by atoms with Crippen molar-refractivity contribution in [2.24, 2.45) is 5.73 Å². The second kappa shape index (κ2) is 4.81. The maximum absolute atomic E-state index is 10.3. The summed E-state index contributed by atoms with van der Waals surface area (Å²) in [6.45, 7) is 0.391. The lowest BCUT2D eigenvalue weighted by molar-refractivity contribution is -0.112. The van der Waals surface area contributed by atoms with Gasteiger partial charge >= 0.3 is 0 Å². The fourth-order valence-corrected chi connectivity index (χ4v) is 0.333. The first kappa shape index (κ1) is 7.66. The van der Waals surface area contributed by atoms with E-state index in [0.29, 0.717) is 6.54 Å². The van der Waals surface area contributed by atoms with E-state index in [1.807, 2.05) is 0 Å². The molecule has 2 N–H and O–H groups in total. The maximum atomic E-state index is 10.3. The van der Waals surface area contributed by atoms with E-state index in [2.05, 4.69) is 0 Å². The van der Waals surface area contributed by atoms with Crippen LogP contribution in [0.5, 0.6) is 0 Å². The summed E-state index contributed by atoms with van der Waals surface area (Å²) >= 11 is 5.15. The van der Waals surface area contributed by atoms with Crippen LogP contribution in [0.4, 0.5) is 0 Å². The zero-order valence-corrected chi connectivity index (χ0v) is 5.19. The van der Waals surface area contributed by atoms with Gasteiger partial charge in [-0.2, -0.15) is 0 Å². The van der Waals surface area contributed by atoms with Crippen LogP contribution in [-0.4, -0.2) is 18.2 Å². The van der Waals surface area contributed by atoms with Gasteiger partial charge in [-0.25, -0.2) is 0 Å². The van der Waals surface area contributed by atoms with Crippen LogP contribution >= 0.6 is 11.6 Å². The zero-order chi connectivity index (χ0) is 6.41. The van der Waals surface area contributed by atoms with Crippen LogP contribution in [-0.2, 0) is 4.79 Å². The third-order valence-corrected chi connectivity index (χ3v) is 0.835. The smallest absolute Gasteiger partial charge is 0.170 e. The van der Waals surface area contributed by atoms with Gasteiger partial charge in [0.1, 0.15) is 0 Å². The van der Waals surface area contributed by atoms with Crippen molar-refractivity contribution in [3.63, 3.8) is 0 Å². The Labute approximate surface area is 53.3 Å². The summed E-state index contributed by atoms with van der Waals surface area (Å²) in [7, 11) is 0. The number of nitrogens with two attached hydrogens (primary N) is 1. The van der Waals surface area contributed by atoms with Crippen molar-refractivity contribution in [2.75, 3.05) is 12.4 Å².